The number of aromatic nitrogens is 1. The van der Waals surface area contributed by atoms with Crippen LogP contribution in [0.15, 0.2) is 83.1 Å². The number of halogens is 1. The second-order valence-electron chi connectivity index (χ2n) is 6.22. The largest absolute Gasteiger partial charge is 0.495 e. The molecule has 0 fully saturated rings. The normalized spacial score (nSPS) is 11.3. The molecule has 1 N–H and O–H groups in total. The molecule has 0 aliphatic carbocycles. The SMILES string of the molecule is COc1ccc(Cl)cc1N(CC(=O)N/N=C/c1cccnc1)S(=O)(=O)c1ccccc1. The third-order valence-corrected chi connectivity index (χ3v) is 6.12. The number of ether oxygens (including phenoxy) is 1. The van der Waals surface area contributed by atoms with Crippen LogP contribution in [0.4, 0.5) is 5.69 Å². The smallest absolute Gasteiger partial charge is 0.264 e. The second kappa shape index (κ2) is 10.1. The van der Waals surface area contributed by atoms with Crippen molar-refractivity contribution in [2.24, 2.45) is 5.10 Å². The van der Waals surface area contributed by atoms with Gasteiger partial charge < -0.3 is 4.74 Å². The Morgan fingerprint density at radius 3 is 2.65 bits per heavy atom. The molecule has 0 bridgehead atoms. The molecule has 1 amide bonds. The van der Waals surface area contributed by atoms with E-state index in [4.69, 9.17) is 16.3 Å². The van der Waals surface area contributed by atoms with Gasteiger partial charge in [-0.05, 0) is 36.4 Å². The fourth-order valence-corrected chi connectivity index (χ4v) is 4.29. The summed E-state index contributed by atoms with van der Waals surface area (Å²) in [6.45, 7) is -0.543. The zero-order valence-corrected chi connectivity index (χ0v) is 18.0. The summed E-state index contributed by atoms with van der Waals surface area (Å²) >= 11 is 6.09. The molecule has 10 heteroatoms. The second-order valence-corrected chi connectivity index (χ2v) is 8.52. The van der Waals surface area contributed by atoms with Gasteiger partial charge in [0.05, 0.1) is 23.9 Å². The summed E-state index contributed by atoms with van der Waals surface area (Å²) in [6.07, 6.45) is 4.58. The van der Waals surface area contributed by atoms with Crippen molar-refractivity contribution in [1.82, 2.24) is 10.4 Å². The molecule has 3 rings (SSSR count). The maximum Gasteiger partial charge on any atom is 0.264 e. The molecule has 0 atom stereocenters. The fourth-order valence-electron chi connectivity index (χ4n) is 2.67. The first kappa shape index (κ1) is 22.3. The number of nitrogens with one attached hydrogen (secondary N) is 1. The number of anilines is 1. The molecular weight excluding hydrogens is 440 g/mol. The van der Waals surface area contributed by atoms with E-state index in [1.165, 1.54) is 37.6 Å². The van der Waals surface area contributed by atoms with Crippen molar-refractivity contribution in [3.8, 4) is 5.75 Å². The molecule has 0 unspecified atom stereocenters. The van der Waals surface area contributed by atoms with Crippen LogP contribution in [0.25, 0.3) is 0 Å². The van der Waals surface area contributed by atoms with E-state index in [-0.39, 0.29) is 16.3 Å². The third kappa shape index (κ3) is 5.59. The number of amides is 1. The summed E-state index contributed by atoms with van der Waals surface area (Å²) in [7, 11) is -2.70. The molecule has 0 saturated carbocycles. The average molecular weight is 459 g/mol. The van der Waals surface area contributed by atoms with Gasteiger partial charge in [-0.1, -0.05) is 35.9 Å². The monoisotopic (exact) mass is 458 g/mol. The molecule has 1 heterocycles. The lowest BCUT2D eigenvalue weighted by Crippen LogP contribution is -2.39. The molecule has 0 aliphatic heterocycles. The number of carbonyl (C=O) groups excluding carboxylic acids is 1. The lowest BCUT2D eigenvalue weighted by Gasteiger charge is -2.25. The van der Waals surface area contributed by atoms with Crippen molar-refractivity contribution in [3.63, 3.8) is 0 Å². The summed E-state index contributed by atoms with van der Waals surface area (Å²) in [4.78, 5) is 16.5. The zero-order valence-electron chi connectivity index (χ0n) is 16.5. The number of pyridine rings is 1. The summed E-state index contributed by atoms with van der Waals surface area (Å²) in [6, 6.07) is 15.8. The van der Waals surface area contributed by atoms with Crippen molar-refractivity contribution < 1.29 is 17.9 Å². The van der Waals surface area contributed by atoms with Gasteiger partial charge in [0.25, 0.3) is 15.9 Å². The van der Waals surface area contributed by atoms with Gasteiger partial charge in [0.2, 0.25) is 0 Å². The van der Waals surface area contributed by atoms with Crippen LogP contribution in [-0.4, -0.2) is 39.2 Å². The number of methoxy groups -OCH3 is 1. The standard InChI is InChI=1S/C21H19ClN4O4S/c1-30-20-10-9-17(22)12-19(20)26(31(28,29)18-7-3-2-4-8-18)15-21(27)25-24-14-16-6-5-11-23-13-16/h2-14H,15H2,1H3,(H,25,27)/b24-14+. The van der Waals surface area contributed by atoms with E-state index in [2.05, 4.69) is 15.5 Å². The molecule has 8 nitrogen and oxygen atoms in total. The lowest BCUT2D eigenvalue weighted by molar-refractivity contribution is -0.119. The summed E-state index contributed by atoms with van der Waals surface area (Å²) < 4.78 is 32.9. The number of rotatable bonds is 8. The molecule has 0 saturated heterocycles. The van der Waals surface area contributed by atoms with Crippen LogP contribution in [0.2, 0.25) is 5.02 Å². The number of hydrogen-bond donors (Lipinski definition) is 1. The number of sulfonamides is 1. The highest BCUT2D eigenvalue weighted by Crippen LogP contribution is 2.34. The van der Waals surface area contributed by atoms with Gasteiger partial charge in [0, 0.05) is 23.0 Å². The Kier molecular flexibility index (Phi) is 7.22. The molecule has 2 aromatic carbocycles. The van der Waals surface area contributed by atoms with Gasteiger partial charge in [0.15, 0.2) is 0 Å². The Bertz CT molecular complexity index is 1170. The Hall–Kier alpha value is -3.43. The predicted octanol–water partition coefficient (Wildman–Crippen LogP) is 3.09. The van der Waals surface area contributed by atoms with Crippen molar-refractivity contribution >= 4 is 39.4 Å². The van der Waals surface area contributed by atoms with Crippen LogP contribution in [-0.2, 0) is 14.8 Å². The molecule has 0 spiro atoms. The summed E-state index contributed by atoms with van der Waals surface area (Å²) in [5, 5.41) is 4.15. The van der Waals surface area contributed by atoms with Gasteiger partial charge in [0.1, 0.15) is 12.3 Å². The summed E-state index contributed by atoms with van der Waals surface area (Å²) in [5.74, 6) is -0.405. The minimum atomic E-state index is -4.10. The number of hydrogen-bond acceptors (Lipinski definition) is 6. The Morgan fingerprint density at radius 2 is 1.97 bits per heavy atom. The number of benzene rings is 2. The van der Waals surface area contributed by atoms with Gasteiger partial charge in [-0.15, -0.1) is 0 Å². The number of carbonyl (C=O) groups is 1. The fraction of sp³-hybridized carbons (Fsp3) is 0.0952. The van der Waals surface area contributed by atoms with Crippen molar-refractivity contribution in [2.75, 3.05) is 18.0 Å². The van der Waals surface area contributed by atoms with Crippen LogP contribution >= 0.6 is 11.6 Å². The average Bonchev–Trinajstić information content (AvgIpc) is 2.78. The number of hydrazone groups is 1. The van der Waals surface area contributed by atoms with Crippen molar-refractivity contribution in [3.05, 3.63) is 83.6 Å². The van der Waals surface area contributed by atoms with E-state index >= 15 is 0 Å². The molecule has 0 radical (unpaired) electrons. The molecular formula is C21H19ClN4O4S. The summed E-state index contributed by atoms with van der Waals surface area (Å²) in [5.41, 5.74) is 3.13. The van der Waals surface area contributed by atoms with Gasteiger partial charge in [-0.25, -0.2) is 13.8 Å². The van der Waals surface area contributed by atoms with Gasteiger partial charge in [-0.2, -0.15) is 5.10 Å². The highest BCUT2D eigenvalue weighted by Gasteiger charge is 2.29. The highest BCUT2D eigenvalue weighted by molar-refractivity contribution is 7.92. The molecule has 31 heavy (non-hydrogen) atoms. The zero-order chi connectivity index (χ0) is 22.3. The van der Waals surface area contributed by atoms with E-state index in [1.807, 2.05) is 0 Å². The predicted molar refractivity (Wildman–Crippen MR) is 119 cm³/mol. The van der Waals surface area contributed by atoms with Crippen LogP contribution in [0, 0.1) is 0 Å². The maximum atomic E-state index is 13.3. The first-order valence-corrected chi connectivity index (χ1v) is 10.9. The minimum absolute atomic E-state index is 0.0173. The quantitative estimate of drug-likeness (QED) is 0.413. The molecule has 3 aromatic rings. The van der Waals surface area contributed by atoms with Crippen molar-refractivity contribution in [2.45, 2.75) is 4.90 Å². The topological polar surface area (TPSA) is 101 Å². The Balaban J connectivity index is 1.92. The van der Waals surface area contributed by atoms with Crippen LogP contribution < -0.4 is 14.5 Å². The lowest BCUT2D eigenvalue weighted by atomic mass is 10.3. The van der Waals surface area contributed by atoms with Crippen LogP contribution in [0.1, 0.15) is 5.56 Å². The van der Waals surface area contributed by atoms with Crippen LogP contribution in [0.3, 0.4) is 0 Å². The van der Waals surface area contributed by atoms with Crippen LogP contribution in [0.5, 0.6) is 5.75 Å². The molecule has 0 aliphatic rings. The van der Waals surface area contributed by atoms with Gasteiger partial charge >= 0.3 is 0 Å². The maximum absolute atomic E-state index is 13.3. The van der Waals surface area contributed by atoms with E-state index in [0.717, 1.165) is 4.31 Å². The van der Waals surface area contributed by atoms with E-state index < -0.39 is 22.5 Å². The first-order valence-electron chi connectivity index (χ1n) is 9.05. The molecule has 160 valence electrons. The van der Waals surface area contributed by atoms with Gasteiger partial charge in [-0.3, -0.25) is 14.1 Å². The van der Waals surface area contributed by atoms with E-state index in [0.29, 0.717) is 10.6 Å². The highest BCUT2D eigenvalue weighted by atomic mass is 35.5. The van der Waals surface area contributed by atoms with E-state index in [1.54, 1.807) is 48.8 Å². The number of nitrogens with zero attached hydrogens (tertiary/aromatic N) is 3. The molecule has 1 aromatic heterocycles. The Labute approximate surface area is 185 Å². The Morgan fingerprint density at radius 1 is 1.19 bits per heavy atom. The van der Waals surface area contributed by atoms with Crippen molar-refractivity contribution in [1.29, 1.82) is 0 Å². The van der Waals surface area contributed by atoms with E-state index in [9.17, 15) is 13.2 Å². The first-order chi connectivity index (χ1) is 14.9. The third-order valence-electron chi connectivity index (χ3n) is 4.12. The minimum Gasteiger partial charge on any atom is -0.495 e.